The molecule has 0 amide bonds. The Morgan fingerprint density at radius 3 is 3.09 bits per heavy atom. The number of aromatic nitrogens is 3. The zero-order valence-corrected chi connectivity index (χ0v) is 5.39. The lowest BCUT2D eigenvalue weighted by Crippen LogP contribution is -1.98. The fourth-order valence-electron chi connectivity index (χ4n) is 0.722. The molecule has 0 atom stereocenters. The molecule has 0 spiro atoms. The summed E-state index contributed by atoms with van der Waals surface area (Å²) in [5.41, 5.74) is 0.191. The van der Waals surface area contributed by atoms with Gasteiger partial charge in [-0.1, -0.05) is 0 Å². The van der Waals surface area contributed by atoms with Crippen LogP contribution in [0.1, 0.15) is 0 Å². The average Bonchev–Trinajstić information content (AvgIpc) is 2.04. The average molecular weight is 149 g/mol. The van der Waals surface area contributed by atoms with Crippen molar-refractivity contribution in [2.75, 3.05) is 0 Å². The van der Waals surface area contributed by atoms with E-state index in [1.54, 1.807) is 0 Å². The minimum absolute atomic E-state index is 0.215. The monoisotopic (exact) mass is 149 g/mol. The summed E-state index contributed by atoms with van der Waals surface area (Å²) < 4.78 is 4.69. The van der Waals surface area contributed by atoms with E-state index in [9.17, 15) is 4.79 Å². The van der Waals surface area contributed by atoms with E-state index in [1.807, 2.05) is 0 Å². The number of rotatable bonds is 0. The van der Waals surface area contributed by atoms with Gasteiger partial charge in [0.2, 0.25) is 0 Å². The van der Waals surface area contributed by atoms with Gasteiger partial charge in [0.25, 0.3) is 5.71 Å². The Morgan fingerprint density at radius 1 is 1.27 bits per heavy atom. The van der Waals surface area contributed by atoms with Crippen LogP contribution in [0.2, 0.25) is 0 Å². The van der Waals surface area contributed by atoms with E-state index < -0.39 is 5.63 Å². The van der Waals surface area contributed by atoms with Gasteiger partial charge in [-0.25, -0.2) is 14.8 Å². The highest BCUT2D eigenvalue weighted by atomic mass is 16.4. The molecule has 54 valence electrons. The SMILES string of the molecule is O=c1cnc2cncnc2o1. The van der Waals surface area contributed by atoms with Gasteiger partial charge in [-0.15, -0.1) is 0 Å². The molecule has 0 saturated carbocycles. The van der Waals surface area contributed by atoms with Crippen molar-refractivity contribution in [2.24, 2.45) is 0 Å². The molecule has 0 bridgehead atoms. The van der Waals surface area contributed by atoms with Gasteiger partial charge in [0.15, 0.2) is 0 Å². The molecule has 0 unspecified atom stereocenters. The topological polar surface area (TPSA) is 68.9 Å². The molecule has 2 aromatic heterocycles. The molecule has 0 aliphatic carbocycles. The van der Waals surface area contributed by atoms with E-state index in [2.05, 4.69) is 15.0 Å². The molecule has 2 aromatic rings. The number of fused-ring (bicyclic) bond motifs is 1. The third-order valence-electron chi connectivity index (χ3n) is 1.16. The molecule has 0 N–H and O–H groups in total. The molecule has 0 aliphatic rings. The lowest BCUT2D eigenvalue weighted by atomic mass is 10.6. The van der Waals surface area contributed by atoms with Gasteiger partial charge in [0, 0.05) is 0 Å². The van der Waals surface area contributed by atoms with Gasteiger partial charge in [0.1, 0.15) is 18.0 Å². The van der Waals surface area contributed by atoms with Gasteiger partial charge in [-0.05, 0) is 0 Å². The molecule has 2 rings (SSSR count). The van der Waals surface area contributed by atoms with E-state index >= 15 is 0 Å². The lowest BCUT2D eigenvalue weighted by Gasteiger charge is -1.88. The second kappa shape index (κ2) is 2.12. The second-order valence-electron chi connectivity index (χ2n) is 1.89. The summed E-state index contributed by atoms with van der Waals surface area (Å²) in [6, 6.07) is 0. The van der Waals surface area contributed by atoms with Crippen molar-refractivity contribution in [2.45, 2.75) is 0 Å². The fourth-order valence-corrected chi connectivity index (χ4v) is 0.722. The Hall–Kier alpha value is -1.78. The minimum Gasteiger partial charge on any atom is -0.401 e. The lowest BCUT2D eigenvalue weighted by molar-refractivity contribution is 0.542. The van der Waals surface area contributed by atoms with Gasteiger partial charge in [-0.3, -0.25) is 0 Å². The zero-order chi connectivity index (χ0) is 7.68. The smallest absolute Gasteiger partial charge is 0.356 e. The van der Waals surface area contributed by atoms with Gasteiger partial charge in [0.05, 0.1) is 6.20 Å². The molecule has 11 heavy (non-hydrogen) atoms. The Bertz CT molecular complexity index is 437. The molecule has 0 radical (unpaired) electrons. The number of hydrogen-bond donors (Lipinski definition) is 0. The third-order valence-corrected chi connectivity index (χ3v) is 1.16. The van der Waals surface area contributed by atoms with Crippen LogP contribution in [-0.4, -0.2) is 15.0 Å². The molecular weight excluding hydrogens is 146 g/mol. The van der Waals surface area contributed by atoms with Crippen molar-refractivity contribution in [1.82, 2.24) is 15.0 Å². The Balaban J connectivity index is 2.94. The van der Waals surface area contributed by atoms with Crippen molar-refractivity contribution in [3.63, 3.8) is 0 Å². The van der Waals surface area contributed by atoms with Crippen LogP contribution in [0, 0.1) is 0 Å². The molecule has 2 heterocycles. The van der Waals surface area contributed by atoms with Crippen LogP contribution in [0.25, 0.3) is 11.2 Å². The molecule has 0 fully saturated rings. The summed E-state index contributed by atoms with van der Waals surface area (Å²) in [6.45, 7) is 0. The third kappa shape index (κ3) is 0.958. The summed E-state index contributed by atoms with van der Waals surface area (Å²) in [5, 5.41) is 0. The van der Waals surface area contributed by atoms with E-state index in [1.165, 1.54) is 12.5 Å². The maximum absolute atomic E-state index is 10.6. The molecule has 5 nitrogen and oxygen atoms in total. The second-order valence-corrected chi connectivity index (χ2v) is 1.89. The van der Waals surface area contributed by atoms with Crippen LogP contribution >= 0.6 is 0 Å². The standard InChI is InChI=1S/C6H3N3O2/c10-5-2-8-4-1-7-3-9-6(4)11-5/h1-3H. The summed E-state index contributed by atoms with van der Waals surface area (Å²) >= 11 is 0. The van der Waals surface area contributed by atoms with Crippen LogP contribution < -0.4 is 5.63 Å². The summed E-state index contributed by atoms with van der Waals surface area (Å²) in [7, 11) is 0. The van der Waals surface area contributed by atoms with E-state index in [-0.39, 0.29) is 5.71 Å². The fraction of sp³-hybridized carbons (Fsp3) is 0. The summed E-state index contributed by atoms with van der Waals surface area (Å²) in [6.07, 6.45) is 3.86. The van der Waals surface area contributed by atoms with Crippen LogP contribution in [-0.2, 0) is 0 Å². The zero-order valence-electron chi connectivity index (χ0n) is 5.39. The van der Waals surface area contributed by atoms with Crippen LogP contribution in [0.3, 0.4) is 0 Å². The first-order valence-electron chi connectivity index (χ1n) is 2.92. The maximum atomic E-state index is 10.6. The largest absolute Gasteiger partial charge is 0.401 e. The normalized spacial score (nSPS) is 10.2. The minimum atomic E-state index is -0.504. The molecule has 0 aromatic carbocycles. The van der Waals surface area contributed by atoms with Crippen LogP contribution in [0.15, 0.2) is 27.9 Å². The molecule has 5 heteroatoms. The Morgan fingerprint density at radius 2 is 2.18 bits per heavy atom. The van der Waals surface area contributed by atoms with E-state index in [0.29, 0.717) is 5.52 Å². The van der Waals surface area contributed by atoms with Gasteiger partial charge >= 0.3 is 5.63 Å². The summed E-state index contributed by atoms with van der Waals surface area (Å²) in [4.78, 5) is 21.8. The van der Waals surface area contributed by atoms with Crippen molar-refractivity contribution in [3.8, 4) is 0 Å². The predicted molar refractivity (Wildman–Crippen MR) is 35.9 cm³/mol. The van der Waals surface area contributed by atoms with Gasteiger partial charge in [-0.2, -0.15) is 4.98 Å². The first-order chi connectivity index (χ1) is 5.36. The molecule has 0 saturated heterocycles. The maximum Gasteiger partial charge on any atom is 0.356 e. The quantitative estimate of drug-likeness (QED) is 0.526. The van der Waals surface area contributed by atoms with Crippen LogP contribution in [0.5, 0.6) is 0 Å². The predicted octanol–water partition coefficient (Wildman–Crippen LogP) is -0.0220. The number of hydrogen-bond acceptors (Lipinski definition) is 5. The Labute approximate surface area is 60.7 Å². The Kier molecular flexibility index (Phi) is 1.15. The molecule has 0 aliphatic heterocycles. The van der Waals surface area contributed by atoms with Gasteiger partial charge < -0.3 is 4.42 Å². The van der Waals surface area contributed by atoms with Crippen molar-refractivity contribution < 1.29 is 4.42 Å². The van der Waals surface area contributed by atoms with Crippen molar-refractivity contribution >= 4 is 11.2 Å². The number of nitrogens with zero attached hydrogens (tertiary/aromatic N) is 3. The van der Waals surface area contributed by atoms with Crippen molar-refractivity contribution in [1.29, 1.82) is 0 Å². The first-order valence-corrected chi connectivity index (χ1v) is 2.92. The highest BCUT2D eigenvalue weighted by Crippen LogP contribution is 1.99. The highest BCUT2D eigenvalue weighted by molar-refractivity contribution is 5.64. The van der Waals surface area contributed by atoms with E-state index in [4.69, 9.17) is 4.42 Å². The van der Waals surface area contributed by atoms with Crippen LogP contribution in [0.4, 0.5) is 0 Å². The van der Waals surface area contributed by atoms with Crippen molar-refractivity contribution in [3.05, 3.63) is 29.1 Å². The van der Waals surface area contributed by atoms with E-state index in [0.717, 1.165) is 6.20 Å². The summed E-state index contributed by atoms with van der Waals surface area (Å²) in [5.74, 6) is 0. The highest BCUT2D eigenvalue weighted by Gasteiger charge is 1.96. The molecular formula is C6H3N3O2. The first kappa shape index (κ1) is 5.96.